The van der Waals surface area contributed by atoms with E-state index in [1.807, 2.05) is 0 Å². The molecule has 0 aliphatic rings. The van der Waals surface area contributed by atoms with Crippen LogP contribution in [0.4, 0.5) is 23.2 Å². The van der Waals surface area contributed by atoms with Gasteiger partial charge in [-0.25, -0.2) is 19.2 Å². The molecule has 9 nitrogen and oxygen atoms in total. The third-order valence-electron chi connectivity index (χ3n) is 5.58. The number of pyridine rings is 2. The number of hydrogen-bond donors (Lipinski definition) is 0. The van der Waals surface area contributed by atoms with E-state index in [2.05, 4.69) is 16.5 Å². The number of halogens is 5. The predicted octanol–water partition coefficient (Wildman–Crippen LogP) is 5.82. The van der Waals surface area contributed by atoms with E-state index >= 15 is 4.39 Å². The van der Waals surface area contributed by atoms with Crippen LogP contribution in [-0.2, 0) is 20.4 Å². The Hall–Kier alpha value is -4.07. The minimum Gasteiger partial charge on any atom is -0.465 e. The van der Waals surface area contributed by atoms with Gasteiger partial charge in [0.2, 0.25) is 5.88 Å². The molecule has 14 heteroatoms. The van der Waals surface area contributed by atoms with E-state index in [1.54, 1.807) is 0 Å². The maximum atomic E-state index is 15.5. The highest BCUT2D eigenvalue weighted by Crippen LogP contribution is 2.39. The van der Waals surface area contributed by atoms with Crippen molar-refractivity contribution < 1.29 is 46.1 Å². The molecule has 0 fully saturated rings. The smallest absolute Gasteiger partial charge is 0.421 e. The number of esters is 1. The summed E-state index contributed by atoms with van der Waals surface area (Å²) in [6.07, 6.45) is -1.50. The molecular weight excluding hydrogens is 574 g/mol. The van der Waals surface area contributed by atoms with Gasteiger partial charge in [0.05, 0.1) is 42.6 Å². The first-order valence-corrected chi connectivity index (χ1v) is 12.0. The fourth-order valence-electron chi connectivity index (χ4n) is 3.74. The number of hydrogen-bond acceptors (Lipinski definition) is 8. The van der Waals surface area contributed by atoms with Crippen molar-refractivity contribution in [2.45, 2.75) is 12.2 Å². The lowest BCUT2D eigenvalue weighted by atomic mass is 10.1. The molecule has 0 bridgehead atoms. The maximum absolute atomic E-state index is 15.5. The largest absolute Gasteiger partial charge is 0.465 e. The Morgan fingerprint density at radius 2 is 1.76 bits per heavy atom. The van der Waals surface area contributed by atoms with Crippen LogP contribution in [-0.4, -0.2) is 62.4 Å². The van der Waals surface area contributed by atoms with Crippen molar-refractivity contribution in [3.05, 3.63) is 82.5 Å². The average Bonchev–Trinajstić information content (AvgIpc) is 2.94. The van der Waals surface area contributed by atoms with Crippen LogP contribution in [0.5, 0.6) is 11.6 Å². The fourth-order valence-corrected chi connectivity index (χ4v) is 3.85. The van der Waals surface area contributed by atoms with Gasteiger partial charge < -0.3 is 18.9 Å². The van der Waals surface area contributed by atoms with Crippen LogP contribution < -0.4 is 9.64 Å². The number of benzene rings is 1. The molecule has 0 unspecified atom stereocenters. The summed E-state index contributed by atoms with van der Waals surface area (Å²) in [4.78, 5) is 35.2. The molecule has 218 valence electrons. The first kappa shape index (κ1) is 31.5. The third-order valence-corrected chi connectivity index (χ3v) is 5.81. The van der Waals surface area contributed by atoms with Crippen molar-refractivity contribution in [2.75, 3.05) is 39.4 Å². The van der Waals surface area contributed by atoms with Gasteiger partial charge in [-0.15, -0.1) is 0 Å². The number of aromatic nitrogens is 2. The molecule has 3 aromatic rings. The van der Waals surface area contributed by atoms with Gasteiger partial charge in [-0.05, 0) is 23.8 Å². The molecule has 1 aromatic carbocycles. The average molecular weight is 598 g/mol. The first-order valence-electron chi connectivity index (χ1n) is 11.7. The second kappa shape index (κ2) is 13.5. The van der Waals surface area contributed by atoms with Crippen LogP contribution in [0.2, 0.25) is 5.02 Å². The van der Waals surface area contributed by atoms with E-state index in [9.17, 15) is 22.8 Å². The molecule has 0 radical (unpaired) electrons. The zero-order valence-corrected chi connectivity index (χ0v) is 22.8. The molecule has 3 rings (SSSR count). The van der Waals surface area contributed by atoms with Crippen LogP contribution in [0.15, 0.2) is 49.3 Å². The van der Waals surface area contributed by atoms with Gasteiger partial charge in [0.15, 0.2) is 11.6 Å². The predicted molar refractivity (Wildman–Crippen MR) is 141 cm³/mol. The van der Waals surface area contributed by atoms with E-state index in [0.717, 1.165) is 42.5 Å². The van der Waals surface area contributed by atoms with Gasteiger partial charge in [-0.1, -0.05) is 24.3 Å². The van der Waals surface area contributed by atoms with Gasteiger partial charge in [-0.3, -0.25) is 9.69 Å². The van der Waals surface area contributed by atoms with Gasteiger partial charge in [0.1, 0.15) is 11.3 Å². The molecule has 0 aliphatic heterocycles. The molecule has 41 heavy (non-hydrogen) atoms. The quantitative estimate of drug-likeness (QED) is 0.201. The zero-order valence-electron chi connectivity index (χ0n) is 22.0. The molecule has 2 heterocycles. The summed E-state index contributed by atoms with van der Waals surface area (Å²) in [5, 5.41) is 0.245. The highest BCUT2D eigenvalue weighted by atomic mass is 35.5. The van der Waals surface area contributed by atoms with Gasteiger partial charge >= 0.3 is 12.1 Å². The number of anilines is 1. The van der Waals surface area contributed by atoms with Crippen molar-refractivity contribution in [2.24, 2.45) is 0 Å². The Labute approximate surface area is 237 Å². The molecule has 0 saturated heterocycles. The highest BCUT2D eigenvalue weighted by Gasteiger charge is 2.37. The van der Waals surface area contributed by atoms with Crippen molar-refractivity contribution in [1.82, 2.24) is 9.97 Å². The summed E-state index contributed by atoms with van der Waals surface area (Å²) in [6.45, 7) is 3.16. The minimum atomic E-state index is -4.91. The number of ether oxygens (including phenoxy) is 4. The van der Waals surface area contributed by atoms with Crippen molar-refractivity contribution in [3.8, 4) is 11.6 Å². The van der Waals surface area contributed by atoms with E-state index in [-0.39, 0.29) is 35.2 Å². The Balaban J connectivity index is 2.22. The molecule has 0 atom stereocenters. The van der Waals surface area contributed by atoms with Gasteiger partial charge in [-0.2, -0.15) is 13.2 Å². The number of alkyl halides is 3. The topological polar surface area (TPSA) is 100 Å². The molecule has 0 aliphatic carbocycles. The normalized spacial score (nSPS) is 11.3. The number of nitrogens with zero attached hydrogens (tertiary/aromatic N) is 3. The van der Waals surface area contributed by atoms with Crippen molar-refractivity contribution >= 4 is 35.2 Å². The summed E-state index contributed by atoms with van der Waals surface area (Å²) < 4.78 is 77.1. The lowest BCUT2D eigenvalue weighted by molar-refractivity contribution is -0.138. The third kappa shape index (κ3) is 7.37. The summed E-state index contributed by atoms with van der Waals surface area (Å²) >= 11 is 5.89. The molecule has 1 amide bonds. The first-order chi connectivity index (χ1) is 19.4. The Kier molecular flexibility index (Phi) is 10.4. The number of amides is 1. The standard InChI is InChI=1S/C27H24ClF4N3O6/c1-5-15-8-19(27(30,31)32)24(34-11-15)41-23-9-18(26(37)40-4)22(10-20(23)29)35(17(13-38-2)14-39-3)25(36)21-7-6-16(28)12-33-21/h5-12,17H,1,13-14H2,2-4H3. The van der Waals surface area contributed by atoms with E-state index in [4.69, 9.17) is 30.5 Å². The summed E-state index contributed by atoms with van der Waals surface area (Å²) in [6, 6.07) is 4.09. The van der Waals surface area contributed by atoms with E-state index in [0.29, 0.717) is 0 Å². The molecule has 0 N–H and O–H groups in total. The monoisotopic (exact) mass is 597 g/mol. The Bertz CT molecular complexity index is 1410. The number of rotatable bonds is 11. The number of methoxy groups -OCH3 is 3. The van der Waals surface area contributed by atoms with Crippen molar-refractivity contribution in [1.29, 1.82) is 0 Å². The number of carbonyl (C=O) groups is 2. The lowest BCUT2D eigenvalue weighted by Gasteiger charge is -2.32. The maximum Gasteiger partial charge on any atom is 0.421 e. The van der Waals surface area contributed by atoms with Gasteiger partial charge in [0.25, 0.3) is 5.91 Å². The van der Waals surface area contributed by atoms with Crippen LogP contribution in [0.25, 0.3) is 6.08 Å². The summed E-state index contributed by atoms with van der Waals surface area (Å²) in [5.41, 5.74) is -2.11. The Morgan fingerprint density at radius 1 is 1.07 bits per heavy atom. The highest BCUT2D eigenvalue weighted by molar-refractivity contribution is 6.30. The van der Waals surface area contributed by atoms with Crippen LogP contribution in [0, 0.1) is 5.82 Å². The van der Waals surface area contributed by atoms with Crippen LogP contribution >= 0.6 is 11.6 Å². The summed E-state index contributed by atoms with van der Waals surface area (Å²) in [5.74, 6) is -4.82. The fraction of sp³-hybridized carbons (Fsp3) is 0.259. The second-order valence-corrected chi connectivity index (χ2v) is 8.75. The minimum absolute atomic E-state index is 0.0445. The van der Waals surface area contributed by atoms with Gasteiger partial charge in [0, 0.05) is 38.7 Å². The Morgan fingerprint density at radius 3 is 2.29 bits per heavy atom. The van der Waals surface area contributed by atoms with Crippen LogP contribution in [0.3, 0.4) is 0 Å². The molecule has 0 saturated carbocycles. The summed E-state index contributed by atoms with van der Waals surface area (Å²) in [7, 11) is 3.74. The lowest BCUT2D eigenvalue weighted by Crippen LogP contribution is -2.47. The second-order valence-electron chi connectivity index (χ2n) is 8.32. The molecular formula is C27H24ClF4N3O6. The van der Waals surface area contributed by atoms with E-state index in [1.165, 1.54) is 32.5 Å². The van der Waals surface area contributed by atoms with Crippen molar-refractivity contribution in [3.63, 3.8) is 0 Å². The molecule has 2 aromatic heterocycles. The van der Waals surface area contributed by atoms with E-state index < -0.39 is 52.7 Å². The van der Waals surface area contributed by atoms with Crippen LogP contribution in [0.1, 0.15) is 32.0 Å². The number of carbonyl (C=O) groups excluding carboxylic acids is 2. The zero-order chi connectivity index (χ0) is 30.3. The SMILES string of the molecule is C=Cc1cnc(Oc2cc(C(=O)OC)c(N(C(=O)c3ccc(Cl)cn3)C(COC)COC)cc2F)c(C(F)(F)F)c1. The molecule has 0 spiro atoms.